The van der Waals surface area contributed by atoms with Crippen LogP contribution in [0.2, 0.25) is 0 Å². The van der Waals surface area contributed by atoms with E-state index >= 15 is 0 Å². The third-order valence-electron chi connectivity index (χ3n) is 6.61. The minimum Gasteiger partial charge on any atom is -0.303 e. The fourth-order valence-corrected chi connectivity index (χ4v) is 5.10. The van der Waals surface area contributed by atoms with Gasteiger partial charge >= 0.3 is 0 Å². The number of carbonyl (C=O) groups excluding carboxylic acids is 1. The Balaban J connectivity index is 1.41. The van der Waals surface area contributed by atoms with E-state index in [1.165, 1.54) is 63.4 Å². The number of unbranched alkanes of at least 4 members (excludes halogenated alkanes) is 1. The average molecular weight is 330 g/mol. The van der Waals surface area contributed by atoms with Gasteiger partial charge in [-0.05, 0) is 86.3 Å². The highest BCUT2D eigenvalue weighted by Crippen LogP contribution is 2.44. The standard InChI is InChI=1S/C22H31FO/c23-22-14-12-21(13-15-22)20-10-8-19(9-11-20)18-6-4-17(5-7-18)3-1-2-16-24/h12-20H,1-11H2/t17-,18-,19-,20-. The van der Waals surface area contributed by atoms with Gasteiger partial charge in [0.05, 0.1) is 0 Å². The fraction of sp³-hybridized carbons (Fsp3) is 0.682. The predicted molar refractivity (Wildman–Crippen MR) is 96.5 cm³/mol. The molecule has 1 nitrogen and oxygen atoms in total. The molecule has 0 N–H and O–H groups in total. The van der Waals surface area contributed by atoms with Gasteiger partial charge in [0.15, 0.2) is 0 Å². The third kappa shape index (κ3) is 4.68. The second kappa shape index (κ2) is 8.78. The van der Waals surface area contributed by atoms with E-state index in [9.17, 15) is 9.18 Å². The zero-order valence-electron chi connectivity index (χ0n) is 14.8. The molecule has 0 unspecified atom stereocenters. The van der Waals surface area contributed by atoms with E-state index in [2.05, 4.69) is 0 Å². The lowest BCUT2D eigenvalue weighted by Crippen LogP contribution is -2.25. The molecule has 0 aromatic heterocycles. The molecule has 0 aliphatic heterocycles. The van der Waals surface area contributed by atoms with Crippen LogP contribution in [0.3, 0.4) is 0 Å². The highest BCUT2D eigenvalue weighted by atomic mass is 19.1. The second-order valence-corrected chi connectivity index (χ2v) is 8.04. The molecule has 0 amide bonds. The number of rotatable bonds is 6. The second-order valence-electron chi connectivity index (χ2n) is 8.04. The van der Waals surface area contributed by atoms with E-state index in [1.54, 1.807) is 12.1 Å². The molecule has 2 aliphatic rings. The van der Waals surface area contributed by atoms with E-state index < -0.39 is 0 Å². The first-order valence-corrected chi connectivity index (χ1v) is 9.95. The van der Waals surface area contributed by atoms with Crippen molar-refractivity contribution in [1.82, 2.24) is 0 Å². The Bertz CT molecular complexity index is 493. The van der Waals surface area contributed by atoms with Crippen molar-refractivity contribution in [2.24, 2.45) is 17.8 Å². The molecule has 24 heavy (non-hydrogen) atoms. The molecular formula is C22H31FO. The molecule has 132 valence electrons. The smallest absolute Gasteiger partial charge is 0.123 e. The molecule has 2 fully saturated rings. The van der Waals surface area contributed by atoms with E-state index in [4.69, 9.17) is 0 Å². The molecule has 2 heteroatoms. The van der Waals surface area contributed by atoms with Crippen LogP contribution in [-0.4, -0.2) is 6.29 Å². The van der Waals surface area contributed by atoms with Crippen molar-refractivity contribution in [3.63, 3.8) is 0 Å². The third-order valence-corrected chi connectivity index (χ3v) is 6.61. The normalized spacial score (nSPS) is 30.9. The molecule has 0 spiro atoms. The maximum Gasteiger partial charge on any atom is 0.123 e. The van der Waals surface area contributed by atoms with Gasteiger partial charge in [-0.25, -0.2) is 4.39 Å². The summed E-state index contributed by atoms with van der Waals surface area (Å²) in [6.45, 7) is 0. The van der Waals surface area contributed by atoms with Crippen molar-refractivity contribution >= 4 is 6.29 Å². The summed E-state index contributed by atoms with van der Waals surface area (Å²) in [4.78, 5) is 10.4. The number of hydrogen-bond donors (Lipinski definition) is 0. The maximum absolute atomic E-state index is 13.1. The highest BCUT2D eigenvalue weighted by Gasteiger charge is 2.31. The van der Waals surface area contributed by atoms with Crippen molar-refractivity contribution in [2.75, 3.05) is 0 Å². The SMILES string of the molecule is O=CCCC[C@H]1CC[C@H]([C@H]2CC[C@H](c3ccc(F)cc3)CC2)CC1. The molecule has 2 saturated carbocycles. The van der Waals surface area contributed by atoms with Gasteiger partial charge in [-0.2, -0.15) is 0 Å². The Morgan fingerprint density at radius 1 is 0.875 bits per heavy atom. The number of benzene rings is 1. The van der Waals surface area contributed by atoms with Gasteiger partial charge in [0.1, 0.15) is 12.1 Å². The number of carbonyl (C=O) groups is 1. The number of aldehydes is 1. The van der Waals surface area contributed by atoms with E-state index in [0.29, 0.717) is 5.92 Å². The Hall–Kier alpha value is -1.18. The summed E-state index contributed by atoms with van der Waals surface area (Å²) < 4.78 is 13.1. The van der Waals surface area contributed by atoms with Crippen LogP contribution in [0.4, 0.5) is 4.39 Å². The molecule has 1 aromatic rings. The van der Waals surface area contributed by atoms with Crippen LogP contribution in [0.25, 0.3) is 0 Å². The van der Waals surface area contributed by atoms with E-state index in [-0.39, 0.29) is 5.82 Å². The first kappa shape index (κ1) is 17.6. The first-order chi connectivity index (χ1) is 11.8. The predicted octanol–water partition coefficient (Wildman–Crippen LogP) is 6.28. The Morgan fingerprint density at radius 2 is 1.46 bits per heavy atom. The highest BCUT2D eigenvalue weighted by molar-refractivity contribution is 5.48. The summed E-state index contributed by atoms with van der Waals surface area (Å²) >= 11 is 0. The zero-order valence-corrected chi connectivity index (χ0v) is 14.8. The fourth-order valence-electron chi connectivity index (χ4n) is 5.10. The minimum atomic E-state index is -0.127. The topological polar surface area (TPSA) is 17.1 Å². The van der Waals surface area contributed by atoms with Gasteiger partial charge in [-0.15, -0.1) is 0 Å². The van der Waals surface area contributed by atoms with Gasteiger partial charge < -0.3 is 4.79 Å². The van der Waals surface area contributed by atoms with Crippen LogP contribution in [0.1, 0.15) is 82.1 Å². The molecular weight excluding hydrogens is 299 g/mol. The van der Waals surface area contributed by atoms with Crippen LogP contribution in [0.15, 0.2) is 24.3 Å². The summed E-state index contributed by atoms with van der Waals surface area (Å²) in [5.41, 5.74) is 1.33. The Labute approximate surface area is 146 Å². The minimum absolute atomic E-state index is 0.127. The Kier molecular flexibility index (Phi) is 6.45. The van der Waals surface area contributed by atoms with Crippen LogP contribution in [0, 0.1) is 23.6 Å². The van der Waals surface area contributed by atoms with Crippen molar-refractivity contribution in [2.45, 2.75) is 76.5 Å². The maximum atomic E-state index is 13.1. The van der Waals surface area contributed by atoms with Gasteiger partial charge in [0.25, 0.3) is 0 Å². The quantitative estimate of drug-likeness (QED) is 0.443. The zero-order chi connectivity index (χ0) is 16.8. The summed E-state index contributed by atoms with van der Waals surface area (Å²) in [5.74, 6) is 3.23. The summed E-state index contributed by atoms with van der Waals surface area (Å²) in [6, 6.07) is 7.16. The molecule has 0 saturated heterocycles. The van der Waals surface area contributed by atoms with Crippen LogP contribution < -0.4 is 0 Å². The van der Waals surface area contributed by atoms with Crippen molar-refractivity contribution < 1.29 is 9.18 Å². The molecule has 0 radical (unpaired) electrons. The molecule has 0 atom stereocenters. The monoisotopic (exact) mass is 330 g/mol. The van der Waals surface area contributed by atoms with Gasteiger partial charge in [-0.3, -0.25) is 0 Å². The molecule has 1 aromatic carbocycles. The van der Waals surface area contributed by atoms with Gasteiger partial charge in [0.2, 0.25) is 0 Å². The first-order valence-electron chi connectivity index (χ1n) is 9.95. The lowest BCUT2D eigenvalue weighted by molar-refractivity contribution is -0.108. The van der Waals surface area contributed by atoms with E-state index in [1.807, 2.05) is 12.1 Å². The summed E-state index contributed by atoms with van der Waals surface area (Å²) in [7, 11) is 0. The van der Waals surface area contributed by atoms with E-state index in [0.717, 1.165) is 36.9 Å². The van der Waals surface area contributed by atoms with Crippen molar-refractivity contribution in [3.05, 3.63) is 35.6 Å². The molecule has 0 bridgehead atoms. The largest absolute Gasteiger partial charge is 0.303 e. The lowest BCUT2D eigenvalue weighted by atomic mass is 9.68. The summed E-state index contributed by atoms with van der Waals surface area (Å²) in [5, 5.41) is 0. The number of hydrogen-bond acceptors (Lipinski definition) is 1. The Morgan fingerprint density at radius 3 is 2.04 bits per heavy atom. The lowest BCUT2D eigenvalue weighted by Gasteiger charge is -2.38. The van der Waals surface area contributed by atoms with Crippen LogP contribution in [-0.2, 0) is 4.79 Å². The van der Waals surface area contributed by atoms with Crippen molar-refractivity contribution in [3.8, 4) is 0 Å². The van der Waals surface area contributed by atoms with Gasteiger partial charge in [0, 0.05) is 6.42 Å². The van der Waals surface area contributed by atoms with Crippen LogP contribution >= 0.6 is 0 Å². The van der Waals surface area contributed by atoms with Gasteiger partial charge in [-0.1, -0.05) is 31.4 Å². The average Bonchev–Trinajstić information content (AvgIpc) is 2.63. The molecule has 3 rings (SSSR count). The van der Waals surface area contributed by atoms with Crippen molar-refractivity contribution in [1.29, 1.82) is 0 Å². The summed E-state index contributed by atoms with van der Waals surface area (Å²) in [6.07, 6.45) is 14.9. The number of halogens is 1. The molecule has 0 heterocycles. The molecule has 2 aliphatic carbocycles. The van der Waals surface area contributed by atoms with Crippen LogP contribution in [0.5, 0.6) is 0 Å².